The first kappa shape index (κ1) is 22.0. The van der Waals surface area contributed by atoms with E-state index in [-0.39, 0.29) is 23.5 Å². The van der Waals surface area contributed by atoms with Gasteiger partial charge < -0.3 is 10.1 Å². The molecule has 0 radical (unpaired) electrons. The van der Waals surface area contributed by atoms with Crippen LogP contribution < -0.4 is 14.7 Å². The van der Waals surface area contributed by atoms with E-state index >= 15 is 4.39 Å². The Kier molecular flexibility index (Phi) is 6.26. The molecular formula is C23H24FN4O3S+. The van der Waals surface area contributed by atoms with Crippen LogP contribution in [0.1, 0.15) is 24.6 Å². The van der Waals surface area contributed by atoms with Crippen LogP contribution in [0.15, 0.2) is 41.3 Å². The molecule has 2 aromatic rings. The van der Waals surface area contributed by atoms with Gasteiger partial charge in [-0.2, -0.15) is 4.48 Å². The number of rotatable bonds is 5. The second kappa shape index (κ2) is 9.10. The Labute approximate surface area is 189 Å². The van der Waals surface area contributed by atoms with Crippen LogP contribution in [-0.4, -0.2) is 44.3 Å². The molecule has 0 unspecified atom stereocenters. The summed E-state index contributed by atoms with van der Waals surface area (Å²) in [6.07, 6.45) is 4.83. The summed E-state index contributed by atoms with van der Waals surface area (Å²) in [4.78, 5) is 25.8. The SMILES string of the molecule is CC(=O)NC[C@H]1CN(c2ccc([N+]3(C#N)CCC(=Cc4cccs4)CC3)c(F)c2)C(=O)O1. The molecule has 1 atom stereocenters. The summed E-state index contributed by atoms with van der Waals surface area (Å²) in [7, 11) is 0. The number of hydrogen-bond donors (Lipinski definition) is 1. The number of nitrogens with zero attached hydrogens (tertiary/aromatic N) is 3. The minimum atomic E-state index is -0.585. The molecule has 2 fully saturated rings. The van der Waals surface area contributed by atoms with Crippen LogP contribution in [0, 0.1) is 17.3 Å². The summed E-state index contributed by atoms with van der Waals surface area (Å²) < 4.78 is 20.3. The van der Waals surface area contributed by atoms with E-state index in [1.165, 1.54) is 28.3 Å². The number of anilines is 1. The maximum atomic E-state index is 15.2. The van der Waals surface area contributed by atoms with E-state index in [4.69, 9.17) is 4.74 Å². The second-order valence-electron chi connectivity index (χ2n) is 8.02. The highest BCUT2D eigenvalue weighted by Crippen LogP contribution is 2.35. The molecule has 166 valence electrons. The lowest BCUT2D eigenvalue weighted by Gasteiger charge is -2.34. The molecule has 4 rings (SSSR count). The first-order valence-corrected chi connectivity index (χ1v) is 11.3. The van der Waals surface area contributed by atoms with Gasteiger partial charge in [0.05, 0.1) is 18.8 Å². The molecule has 3 heterocycles. The molecule has 1 aromatic heterocycles. The van der Waals surface area contributed by atoms with E-state index in [1.807, 2.05) is 11.4 Å². The Hall–Kier alpha value is -3.22. The van der Waals surface area contributed by atoms with Crippen LogP contribution in [-0.2, 0) is 9.53 Å². The average Bonchev–Trinajstić information content (AvgIpc) is 3.42. The number of nitriles is 1. The molecule has 1 N–H and O–H groups in total. The van der Waals surface area contributed by atoms with Crippen LogP contribution in [0.5, 0.6) is 0 Å². The fraction of sp³-hybridized carbons (Fsp3) is 0.348. The summed E-state index contributed by atoms with van der Waals surface area (Å²) in [6, 6.07) is 8.59. The second-order valence-corrected chi connectivity index (χ2v) is 9.00. The number of ether oxygens (including phenoxy) is 1. The van der Waals surface area contributed by atoms with Crippen molar-refractivity contribution in [3.8, 4) is 6.19 Å². The Morgan fingerprint density at radius 1 is 1.41 bits per heavy atom. The smallest absolute Gasteiger partial charge is 0.414 e. The highest BCUT2D eigenvalue weighted by atomic mass is 32.1. The van der Waals surface area contributed by atoms with Crippen molar-refractivity contribution in [3.63, 3.8) is 0 Å². The molecule has 2 amide bonds. The maximum absolute atomic E-state index is 15.2. The Bertz CT molecular complexity index is 1080. The van der Waals surface area contributed by atoms with Gasteiger partial charge in [-0.3, -0.25) is 9.69 Å². The number of quaternary nitrogens is 1. The third-order valence-electron chi connectivity index (χ3n) is 5.87. The Morgan fingerprint density at radius 3 is 2.81 bits per heavy atom. The maximum Gasteiger partial charge on any atom is 0.414 e. The van der Waals surface area contributed by atoms with Crippen molar-refractivity contribution in [2.75, 3.05) is 31.1 Å². The van der Waals surface area contributed by atoms with Gasteiger partial charge in [0.1, 0.15) is 19.2 Å². The van der Waals surface area contributed by atoms with Gasteiger partial charge in [-0.1, -0.05) is 11.6 Å². The van der Waals surface area contributed by atoms with Gasteiger partial charge >= 0.3 is 12.3 Å². The van der Waals surface area contributed by atoms with Gasteiger partial charge in [-0.05, 0) is 23.6 Å². The summed E-state index contributed by atoms with van der Waals surface area (Å²) in [5.74, 6) is -0.733. The molecule has 2 saturated heterocycles. The quantitative estimate of drug-likeness (QED) is 0.546. The zero-order valence-electron chi connectivity index (χ0n) is 17.7. The molecular weight excluding hydrogens is 431 g/mol. The zero-order valence-corrected chi connectivity index (χ0v) is 18.5. The lowest BCUT2D eigenvalue weighted by molar-refractivity contribution is -0.119. The van der Waals surface area contributed by atoms with Crippen molar-refractivity contribution in [1.82, 2.24) is 9.80 Å². The van der Waals surface area contributed by atoms with E-state index in [0.717, 1.165) is 12.8 Å². The summed E-state index contributed by atoms with van der Waals surface area (Å²) in [5.41, 5.74) is 1.94. The minimum absolute atomic E-state index is 0.0938. The van der Waals surface area contributed by atoms with E-state index in [2.05, 4.69) is 23.7 Å². The van der Waals surface area contributed by atoms with Gasteiger partial charge in [-0.15, -0.1) is 16.6 Å². The van der Waals surface area contributed by atoms with Gasteiger partial charge in [0.2, 0.25) is 5.91 Å². The minimum Gasteiger partial charge on any atom is -0.442 e. The molecule has 0 spiro atoms. The van der Waals surface area contributed by atoms with Crippen molar-refractivity contribution < 1.29 is 18.7 Å². The summed E-state index contributed by atoms with van der Waals surface area (Å²) >= 11 is 1.67. The molecule has 1 aromatic carbocycles. The molecule has 7 nitrogen and oxygen atoms in total. The van der Waals surface area contributed by atoms with E-state index in [0.29, 0.717) is 24.5 Å². The van der Waals surface area contributed by atoms with Crippen molar-refractivity contribution in [2.24, 2.45) is 0 Å². The number of halogens is 1. The average molecular weight is 456 g/mol. The monoisotopic (exact) mass is 455 g/mol. The first-order valence-electron chi connectivity index (χ1n) is 10.4. The van der Waals surface area contributed by atoms with Crippen LogP contribution in [0.2, 0.25) is 0 Å². The van der Waals surface area contributed by atoms with Crippen molar-refractivity contribution in [3.05, 3.63) is 52.0 Å². The third-order valence-corrected chi connectivity index (χ3v) is 6.69. The number of thiophene rings is 1. The van der Waals surface area contributed by atoms with Crippen LogP contribution >= 0.6 is 11.3 Å². The number of piperidine rings is 1. The van der Waals surface area contributed by atoms with E-state index in [9.17, 15) is 14.9 Å². The standard InChI is InChI=1S/C23H23FN4O3S/c1-16(29)26-13-19-14-27(23(30)31-19)18-4-5-22(21(24)12-18)28(15-25)8-6-17(7-9-28)11-20-3-2-10-32-20/h2-5,10-12,19H,6-9,13-14H2,1H3/p+1/t19-,28?/m0/s1. The molecule has 9 heteroatoms. The van der Waals surface area contributed by atoms with Gasteiger partial charge in [0.25, 0.3) is 0 Å². The molecule has 2 aliphatic rings. The number of carbonyl (C=O) groups is 2. The fourth-order valence-electron chi connectivity index (χ4n) is 4.13. The first-order chi connectivity index (χ1) is 15.4. The number of cyclic esters (lactones) is 1. The number of hydrogen-bond acceptors (Lipinski definition) is 5. The van der Waals surface area contributed by atoms with Crippen LogP contribution in [0.3, 0.4) is 0 Å². The lowest BCUT2D eigenvalue weighted by Crippen LogP contribution is -2.49. The van der Waals surface area contributed by atoms with E-state index in [1.54, 1.807) is 23.5 Å². The normalized spacial score (nSPS) is 22.9. The molecule has 32 heavy (non-hydrogen) atoms. The topological polar surface area (TPSA) is 82.4 Å². The number of likely N-dealkylation sites (tertiary alicyclic amines) is 1. The molecule has 0 aliphatic carbocycles. The number of benzene rings is 1. The van der Waals surface area contributed by atoms with E-state index < -0.39 is 18.0 Å². The number of amides is 2. The highest BCUT2D eigenvalue weighted by Gasteiger charge is 2.39. The van der Waals surface area contributed by atoms with Crippen molar-refractivity contribution in [2.45, 2.75) is 25.9 Å². The van der Waals surface area contributed by atoms with Crippen LogP contribution in [0.4, 0.5) is 20.6 Å². The predicted molar refractivity (Wildman–Crippen MR) is 121 cm³/mol. The van der Waals surface area contributed by atoms with Gasteiger partial charge in [-0.25, -0.2) is 9.18 Å². The van der Waals surface area contributed by atoms with Gasteiger partial charge in [0, 0.05) is 36.8 Å². The molecule has 0 saturated carbocycles. The fourth-order valence-corrected chi connectivity index (χ4v) is 4.83. The largest absolute Gasteiger partial charge is 0.442 e. The van der Waals surface area contributed by atoms with Crippen molar-refractivity contribution in [1.29, 1.82) is 5.26 Å². The van der Waals surface area contributed by atoms with Gasteiger partial charge in [0.15, 0.2) is 11.5 Å². The zero-order chi connectivity index (χ0) is 22.7. The highest BCUT2D eigenvalue weighted by molar-refractivity contribution is 7.10. The Morgan fingerprint density at radius 2 is 2.19 bits per heavy atom. The number of carbonyl (C=O) groups excluding carboxylic acids is 2. The third kappa shape index (κ3) is 4.52. The molecule has 2 aliphatic heterocycles. The summed E-state index contributed by atoms with van der Waals surface area (Å²) in [5, 5.41) is 14.6. The predicted octanol–water partition coefficient (Wildman–Crippen LogP) is 4.01. The molecule has 0 bridgehead atoms. The lowest BCUT2D eigenvalue weighted by atomic mass is 10.00. The van der Waals surface area contributed by atoms with Crippen LogP contribution in [0.25, 0.3) is 6.08 Å². The summed E-state index contributed by atoms with van der Waals surface area (Å²) in [6.45, 7) is 2.79. The number of nitrogens with one attached hydrogen (secondary N) is 1. The van der Waals surface area contributed by atoms with Crippen molar-refractivity contribution >= 4 is 40.8 Å². The Balaban J connectivity index is 1.48.